The maximum absolute atomic E-state index is 11.9. The molecule has 0 bridgehead atoms. The summed E-state index contributed by atoms with van der Waals surface area (Å²) in [4.78, 5) is 34.8. The molecule has 0 aliphatic rings. The van der Waals surface area contributed by atoms with Crippen LogP contribution < -0.4 is 0 Å². The van der Waals surface area contributed by atoms with Gasteiger partial charge in [-0.3, -0.25) is 9.59 Å². The molecule has 0 amide bonds. The molecule has 0 fully saturated rings. The Bertz CT molecular complexity index is 887. The zero-order valence-electron chi connectivity index (χ0n) is 28.3. The van der Waals surface area contributed by atoms with Crippen molar-refractivity contribution in [1.29, 1.82) is 0 Å². The van der Waals surface area contributed by atoms with Gasteiger partial charge in [0.05, 0.1) is 145 Å². The Kier molecular flexibility index (Phi) is 31.0. The Morgan fingerprint density at radius 1 is 0.417 bits per heavy atom. The van der Waals surface area contributed by atoms with E-state index in [9.17, 15) is 14.4 Å². The van der Waals surface area contributed by atoms with Crippen molar-refractivity contribution < 1.29 is 71.2 Å². The zero-order valence-corrected chi connectivity index (χ0v) is 28.3. The molecule has 0 saturated carbocycles. The summed E-state index contributed by atoms with van der Waals surface area (Å²) >= 11 is 0. The van der Waals surface area contributed by atoms with Gasteiger partial charge in [-0.2, -0.15) is 0 Å². The molecule has 0 aromatic heterocycles. The molecule has 0 N–H and O–H groups in total. The van der Waals surface area contributed by atoms with Crippen molar-refractivity contribution >= 4 is 17.7 Å². The molecule has 0 saturated heterocycles. The predicted octanol–water partition coefficient (Wildman–Crippen LogP) is 1.53. The van der Waals surface area contributed by atoms with Gasteiger partial charge >= 0.3 is 11.9 Å². The first kappa shape index (κ1) is 43.5. The second-order valence-corrected chi connectivity index (χ2v) is 9.51. The first-order valence-corrected chi connectivity index (χ1v) is 16.3. The molecule has 276 valence electrons. The molecule has 0 unspecified atom stereocenters. The lowest BCUT2D eigenvalue weighted by Gasteiger charge is -2.09. The fraction of sp³-hybridized carbons (Fsp3) is 0.727. The maximum Gasteiger partial charge on any atom is 0.379 e. The fourth-order valence-corrected chi connectivity index (χ4v) is 3.44. The Morgan fingerprint density at radius 2 is 0.729 bits per heavy atom. The number of ether oxygens (including phenoxy) is 12. The van der Waals surface area contributed by atoms with Crippen LogP contribution in [0.5, 0.6) is 0 Å². The Morgan fingerprint density at radius 3 is 1.06 bits per heavy atom. The minimum atomic E-state index is -0.901. The minimum absolute atomic E-state index is 0.00677. The van der Waals surface area contributed by atoms with Crippen LogP contribution in [0.1, 0.15) is 23.7 Å². The Hall–Kier alpha value is -2.57. The number of hydrogen-bond acceptors (Lipinski definition) is 15. The topological polar surface area (TPSA) is 162 Å². The van der Waals surface area contributed by atoms with Gasteiger partial charge in [0.15, 0.2) is 0 Å². The molecule has 0 spiro atoms. The van der Waals surface area contributed by atoms with Gasteiger partial charge in [-0.05, 0) is 6.92 Å². The van der Waals surface area contributed by atoms with E-state index in [-0.39, 0.29) is 25.6 Å². The minimum Gasteiger partial charge on any atom is -0.466 e. The van der Waals surface area contributed by atoms with Gasteiger partial charge in [-0.15, -0.1) is 0 Å². The smallest absolute Gasteiger partial charge is 0.379 e. The highest BCUT2D eigenvalue weighted by Gasteiger charge is 2.17. The molecule has 15 nitrogen and oxygen atoms in total. The van der Waals surface area contributed by atoms with Crippen LogP contribution in [-0.2, 0) is 66.4 Å². The zero-order chi connectivity index (χ0) is 34.6. The van der Waals surface area contributed by atoms with Crippen molar-refractivity contribution in [3.63, 3.8) is 0 Å². The number of esters is 2. The average molecular weight is 691 g/mol. The molecular weight excluding hydrogens is 636 g/mol. The van der Waals surface area contributed by atoms with Crippen molar-refractivity contribution in [2.24, 2.45) is 0 Å². The van der Waals surface area contributed by atoms with E-state index < -0.39 is 11.8 Å². The fourth-order valence-electron chi connectivity index (χ4n) is 3.44. The number of ketones is 1. The van der Waals surface area contributed by atoms with Gasteiger partial charge in [0.1, 0.15) is 6.61 Å². The molecule has 1 aromatic rings. The third kappa shape index (κ3) is 28.4. The van der Waals surface area contributed by atoms with Crippen molar-refractivity contribution in [2.75, 3.05) is 145 Å². The Balaban J connectivity index is 1.67. The van der Waals surface area contributed by atoms with E-state index in [1.165, 1.54) is 0 Å². The molecule has 0 radical (unpaired) electrons. The number of carbonyl (C=O) groups is 3. The molecule has 0 aliphatic heterocycles. The number of carbonyl (C=O) groups excluding carboxylic acids is 3. The quantitative estimate of drug-likeness (QED) is 0.0431. The summed E-state index contributed by atoms with van der Waals surface area (Å²) in [5.74, 6) is -1.84. The lowest BCUT2D eigenvalue weighted by molar-refractivity contribution is -0.144. The molecule has 0 heterocycles. The van der Waals surface area contributed by atoms with Crippen LogP contribution in [0.4, 0.5) is 0 Å². The van der Waals surface area contributed by atoms with Gasteiger partial charge in [0.2, 0.25) is 0 Å². The summed E-state index contributed by atoms with van der Waals surface area (Å²) in [7, 11) is 0. The number of rotatable bonds is 36. The van der Waals surface area contributed by atoms with Crippen molar-refractivity contribution in [1.82, 2.24) is 0 Å². The highest BCUT2D eigenvalue weighted by atomic mass is 16.6. The highest BCUT2D eigenvalue weighted by molar-refractivity contribution is 6.40. The van der Waals surface area contributed by atoms with Gasteiger partial charge in [-0.1, -0.05) is 30.3 Å². The first-order chi connectivity index (χ1) is 23.6. The second kappa shape index (κ2) is 34.3. The molecule has 48 heavy (non-hydrogen) atoms. The van der Waals surface area contributed by atoms with E-state index >= 15 is 0 Å². The van der Waals surface area contributed by atoms with Crippen LogP contribution in [0.3, 0.4) is 0 Å². The second-order valence-electron chi connectivity index (χ2n) is 9.51. The average Bonchev–Trinajstić information content (AvgIpc) is 3.10. The molecular formula is C33H54O15. The van der Waals surface area contributed by atoms with E-state index in [0.717, 1.165) is 0 Å². The van der Waals surface area contributed by atoms with Crippen LogP contribution in [0, 0.1) is 0 Å². The predicted molar refractivity (Wildman–Crippen MR) is 171 cm³/mol. The summed E-state index contributed by atoms with van der Waals surface area (Å²) in [6, 6.07) is 8.24. The largest absolute Gasteiger partial charge is 0.466 e. The Labute approximate surface area is 283 Å². The molecule has 1 aromatic carbocycles. The van der Waals surface area contributed by atoms with Crippen LogP contribution >= 0.6 is 0 Å². The number of Topliss-reactive ketones (excluding diaryl/α,β-unsaturated/α-hetero) is 1. The van der Waals surface area contributed by atoms with Crippen molar-refractivity contribution in [3.8, 4) is 0 Å². The summed E-state index contributed by atoms with van der Waals surface area (Å²) in [5.41, 5.74) is 0.292. The molecule has 15 heteroatoms. The van der Waals surface area contributed by atoms with E-state index in [1.54, 1.807) is 37.3 Å². The maximum atomic E-state index is 11.9. The van der Waals surface area contributed by atoms with Crippen LogP contribution in [0.2, 0.25) is 0 Å². The van der Waals surface area contributed by atoms with Crippen LogP contribution in [0.15, 0.2) is 30.3 Å². The molecule has 1 rings (SSSR count). The van der Waals surface area contributed by atoms with Gasteiger partial charge in [-0.25, -0.2) is 4.79 Å². The van der Waals surface area contributed by atoms with Crippen LogP contribution in [0.25, 0.3) is 0 Å². The van der Waals surface area contributed by atoms with E-state index in [4.69, 9.17) is 56.8 Å². The highest BCUT2D eigenvalue weighted by Crippen LogP contribution is 2.01. The third-order valence-electron chi connectivity index (χ3n) is 5.79. The normalized spacial score (nSPS) is 11.1. The van der Waals surface area contributed by atoms with Crippen molar-refractivity contribution in [2.45, 2.75) is 13.3 Å². The van der Waals surface area contributed by atoms with E-state index in [1.807, 2.05) is 0 Å². The van der Waals surface area contributed by atoms with Crippen molar-refractivity contribution in [3.05, 3.63) is 35.9 Å². The lowest BCUT2D eigenvalue weighted by atomic mass is 10.1. The summed E-state index contributed by atoms with van der Waals surface area (Å²) in [6.07, 6.45) is 0.248. The summed E-state index contributed by atoms with van der Waals surface area (Å²) < 4.78 is 63.8. The summed E-state index contributed by atoms with van der Waals surface area (Å²) in [6.45, 7) is 10.7. The lowest BCUT2D eigenvalue weighted by Crippen LogP contribution is -2.20. The standard InChI is InChI=1S/C33H54O15/c1-2-47-31(34)8-9-37-10-11-38-12-13-39-14-15-40-16-17-41-18-19-42-20-21-43-22-23-44-24-25-45-26-27-46-28-29-48-33(36)32(35)30-6-4-3-5-7-30/h3-7H,2,8-29H2,1H3. The SMILES string of the molecule is CCOC(=O)CCOCCOCCOCCOCCOCCOCCOCCOCCOCCOCCOC(=O)C(=O)c1ccccc1. The molecule has 0 atom stereocenters. The van der Waals surface area contributed by atoms with Gasteiger partial charge < -0.3 is 56.8 Å². The number of benzene rings is 1. The van der Waals surface area contributed by atoms with Gasteiger partial charge in [0, 0.05) is 5.56 Å². The monoisotopic (exact) mass is 690 g/mol. The first-order valence-electron chi connectivity index (χ1n) is 16.3. The van der Waals surface area contributed by atoms with E-state index in [0.29, 0.717) is 138 Å². The number of hydrogen-bond donors (Lipinski definition) is 0. The molecule has 0 aliphatic carbocycles. The summed E-state index contributed by atoms with van der Waals surface area (Å²) in [5, 5.41) is 0. The van der Waals surface area contributed by atoms with Gasteiger partial charge in [0.25, 0.3) is 5.78 Å². The third-order valence-corrected chi connectivity index (χ3v) is 5.79. The van der Waals surface area contributed by atoms with Crippen LogP contribution in [-0.4, -0.2) is 163 Å². The van der Waals surface area contributed by atoms with E-state index in [2.05, 4.69) is 0 Å².